The molecule has 1 aliphatic carbocycles. The number of thiazole rings is 1. The number of aryl methyl sites for hydroxylation is 1. The zero-order valence-corrected chi connectivity index (χ0v) is 15.1. The van der Waals surface area contributed by atoms with Crippen LogP contribution in [0.2, 0.25) is 0 Å². The van der Waals surface area contributed by atoms with Gasteiger partial charge >= 0.3 is 6.03 Å². The molecule has 2 N–H and O–H groups in total. The Kier molecular flexibility index (Phi) is 4.36. The average molecular weight is 372 g/mol. The van der Waals surface area contributed by atoms with E-state index in [2.05, 4.69) is 15.7 Å². The van der Waals surface area contributed by atoms with Crippen molar-refractivity contribution >= 4 is 39.4 Å². The maximum Gasteiger partial charge on any atom is 0.344 e. The number of amides is 4. The third kappa shape index (κ3) is 3.05. The molecule has 4 amide bonds. The molecule has 8 heteroatoms. The number of carbonyl (C=O) groups excluding carboxylic acids is 3. The molecule has 2 aliphatic rings. The van der Waals surface area contributed by atoms with Gasteiger partial charge in [0.2, 0.25) is 5.91 Å². The molecule has 7 nitrogen and oxygen atoms in total. The van der Waals surface area contributed by atoms with Crippen molar-refractivity contribution < 1.29 is 14.4 Å². The van der Waals surface area contributed by atoms with Crippen LogP contribution in [0.25, 0.3) is 10.2 Å². The van der Waals surface area contributed by atoms with Gasteiger partial charge in [-0.05, 0) is 25.0 Å². The minimum Gasteiger partial charge on any atom is -0.322 e. The monoisotopic (exact) mass is 372 g/mol. The van der Waals surface area contributed by atoms with Gasteiger partial charge in [0.25, 0.3) is 5.91 Å². The van der Waals surface area contributed by atoms with E-state index >= 15 is 0 Å². The molecule has 2 fully saturated rings. The van der Waals surface area contributed by atoms with Gasteiger partial charge in [0.15, 0.2) is 0 Å². The summed E-state index contributed by atoms with van der Waals surface area (Å²) in [4.78, 5) is 41.5. The molecule has 2 aromatic rings. The van der Waals surface area contributed by atoms with Crippen molar-refractivity contribution in [2.75, 3.05) is 0 Å². The standard InChI is InChI=1S/C18H20N4O3S/c23-14(8-9-15-19-12-6-2-3-7-13(12)26-15)21-22-16(24)18(20-17(22)25)10-4-1-5-11-18/h2-3,6-7H,1,4-5,8-11H2,(H,20,25)(H,21,23). The summed E-state index contributed by atoms with van der Waals surface area (Å²) < 4.78 is 1.08. The third-order valence-electron chi connectivity index (χ3n) is 5.01. The number of hydrogen-bond acceptors (Lipinski definition) is 5. The number of imide groups is 1. The molecule has 0 unspecified atom stereocenters. The molecule has 0 bridgehead atoms. The van der Waals surface area contributed by atoms with Crippen LogP contribution in [0, 0.1) is 0 Å². The van der Waals surface area contributed by atoms with Crippen molar-refractivity contribution in [1.82, 2.24) is 20.7 Å². The first-order chi connectivity index (χ1) is 12.6. The fourth-order valence-electron chi connectivity index (χ4n) is 3.64. The number of nitrogens with one attached hydrogen (secondary N) is 2. The Morgan fingerprint density at radius 2 is 2.00 bits per heavy atom. The molecule has 136 valence electrons. The Morgan fingerprint density at radius 3 is 2.77 bits per heavy atom. The summed E-state index contributed by atoms with van der Waals surface area (Å²) in [5.74, 6) is -0.698. The quantitative estimate of drug-likeness (QED) is 0.807. The lowest BCUT2D eigenvalue weighted by molar-refractivity contribution is -0.139. The summed E-state index contributed by atoms with van der Waals surface area (Å²) >= 11 is 1.55. The van der Waals surface area contributed by atoms with E-state index < -0.39 is 11.6 Å². The zero-order valence-electron chi connectivity index (χ0n) is 14.3. The van der Waals surface area contributed by atoms with Crippen LogP contribution in [-0.4, -0.2) is 33.4 Å². The van der Waals surface area contributed by atoms with E-state index in [1.807, 2.05) is 24.3 Å². The molecule has 1 saturated heterocycles. The van der Waals surface area contributed by atoms with Crippen molar-refractivity contribution in [2.24, 2.45) is 0 Å². The van der Waals surface area contributed by atoms with Gasteiger partial charge in [-0.25, -0.2) is 9.78 Å². The Morgan fingerprint density at radius 1 is 1.23 bits per heavy atom. The highest BCUT2D eigenvalue weighted by molar-refractivity contribution is 7.18. The lowest BCUT2D eigenvalue weighted by Gasteiger charge is -2.30. The lowest BCUT2D eigenvalue weighted by Crippen LogP contribution is -2.51. The molecule has 0 radical (unpaired) electrons. The normalized spacial score (nSPS) is 19.2. The number of aromatic nitrogens is 1. The number of rotatable bonds is 4. The van der Waals surface area contributed by atoms with Crippen molar-refractivity contribution in [2.45, 2.75) is 50.5 Å². The fourth-order valence-corrected chi connectivity index (χ4v) is 4.61. The molecule has 1 aliphatic heterocycles. The highest BCUT2D eigenvalue weighted by Gasteiger charge is 2.52. The minimum atomic E-state index is -0.824. The van der Waals surface area contributed by atoms with E-state index in [4.69, 9.17) is 0 Å². The zero-order chi connectivity index (χ0) is 18.1. The van der Waals surface area contributed by atoms with Crippen LogP contribution in [0.1, 0.15) is 43.5 Å². The summed E-state index contributed by atoms with van der Waals surface area (Å²) in [5, 5.41) is 4.49. The van der Waals surface area contributed by atoms with Crippen LogP contribution in [-0.2, 0) is 16.0 Å². The second kappa shape index (κ2) is 6.68. The first kappa shape index (κ1) is 17.0. The van der Waals surface area contributed by atoms with Crippen LogP contribution in [0.4, 0.5) is 4.79 Å². The van der Waals surface area contributed by atoms with Gasteiger partial charge in [-0.3, -0.25) is 15.0 Å². The number of hydrazine groups is 1. The van der Waals surface area contributed by atoms with Crippen molar-refractivity contribution in [3.63, 3.8) is 0 Å². The smallest absolute Gasteiger partial charge is 0.322 e. The second-order valence-corrected chi connectivity index (χ2v) is 7.94. The Bertz CT molecular complexity index is 839. The maximum atomic E-state index is 12.6. The molecule has 1 aromatic heterocycles. The highest BCUT2D eigenvalue weighted by atomic mass is 32.1. The number of fused-ring (bicyclic) bond motifs is 1. The maximum absolute atomic E-state index is 12.6. The van der Waals surface area contributed by atoms with Crippen molar-refractivity contribution in [3.8, 4) is 0 Å². The molecular weight excluding hydrogens is 352 g/mol. The topological polar surface area (TPSA) is 91.4 Å². The van der Waals surface area contributed by atoms with Gasteiger partial charge in [-0.2, -0.15) is 5.01 Å². The molecule has 26 heavy (non-hydrogen) atoms. The van der Waals surface area contributed by atoms with Gasteiger partial charge in [0, 0.05) is 12.8 Å². The molecule has 1 spiro atoms. The summed E-state index contributed by atoms with van der Waals surface area (Å²) in [7, 11) is 0. The number of urea groups is 1. The van der Waals surface area contributed by atoms with Crippen LogP contribution in [0.5, 0.6) is 0 Å². The summed E-state index contributed by atoms with van der Waals surface area (Å²) in [6.45, 7) is 0. The van der Waals surface area contributed by atoms with E-state index in [0.717, 1.165) is 39.5 Å². The molecule has 4 rings (SSSR count). The van der Waals surface area contributed by atoms with Crippen LogP contribution < -0.4 is 10.7 Å². The van der Waals surface area contributed by atoms with Crippen LogP contribution >= 0.6 is 11.3 Å². The largest absolute Gasteiger partial charge is 0.344 e. The predicted molar refractivity (Wildman–Crippen MR) is 97.3 cm³/mol. The molecule has 1 aromatic carbocycles. The Hall–Kier alpha value is -2.48. The van der Waals surface area contributed by atoms with Gasteiger partial charge in [-0.15, -0.1) is 11.3 Å². The summed E-state index contributed by atoms with van der Waals surface area (Å²) in [5.41, 5.74) is 2.56. The first-order valence-corrected chi connectivity index (χ1v) is 9.70. The van der Waals surface area contributed by atoms with E-state index in [1.165, 1.54) is 0 Å². The van der Waals surface area contributed by atoms with Crippen molar-refractivity contribution in [1.29, 1.82) is 0 Å². The highest BCUT2D eigenvalue weighted by Crippen LogP contribution is 2.33. The van der Waals surface area contributed by atoms with Crippen molar-refractivity contribution in [3.05, 3.63) is 29.3 Å². The first-order valence-electron chi connectivity index (χ1n) is 8.88. The summed E-state index contributed by atoms with van der Waals surface area (Å²) in [6.07, 6.45) is 4.80. The van der Waals surface area contributed by atoms with E-state index in [-0.39, 0.29) is 18.2 Å². The van der Waals surface area contributed by atoms with Gasteiger partial charge < -0.3 is 5.32 Å². The summed E-state index contributed by atoms with van der Waals surface area (Å²) in [6, 6.07) is 7.28. The second-order valence-electron chi connectivity index (χ2n) is 6.82. The van der Waals surface area contributed by atoms with E-state index in [0.29, 0.717) is 19.3 Å². The number of hydrogen-bond donors (Lipinski definition) is 2. The molecular formula is C18H20N4O3S. The van der Waals surface area contributed by atoms with E-state index in [9.17, 15) is 14.4 Å². The SMILES string of the molecule is O=C(CCc1nc2ccccc2s1)NN1C(=O)NC2(CCCCC2)C1=O. The van der Waals surface area contributed by atoms with Gasteiger partial charge in [-0.1, -0.05) is 31.4 Å². The molecule has 0 atom stereocenters. The average Bonchev–Trinajstić information content (AvgIpc) is 3.15. The van der Waals surface area contributed by atoms with Gasteiger partial charge in [0.1, 0.15) is 5.54 Å². The number of para-hydroxylation sites is 1. The number of nitrogens with zero attached hydrogens (tertiary/aromatic N) is 2. The van der Waals surface area contributed by atoms with Crippen LogP contribution in [0.3, 0.4) is 0 Å². The van der Waals surface area contributed by atoms with Gasteiger partial charge in [0.05, 0.1) is 15.2 Å². The predicted octanol–water partition coefficient (Wildman–Crippen LogP) is 2.51. The minimum absolute atomic E-state index is 0.171. The van der Waals surface area contributed by atoms with E-state index in [1.54, 1.807) is 11.3 Å². The van der Waals surface area contributed by atoms with Crippen LogP contribution in [0.15, 0.2) is 24.3 Å². The Balaban J connectivity index is 1.37. The Labute approximate surface area is 154 Å². The third-order valence-corrected chi connectivity index (χ3v) is 6.11. The fraction of sp³-hybridized carbons (Fsp3) is 0.444. The molecule has 2 heterocycles. The lowest BCUT2D eigenvalue weighted by atomic mass is 9.82. The molecule has 1 saturated carbocycles. The number of carbonyl (C=O) groups is 3. The number of benzene rings is 1.